The predicted octanol–water partition coefficient (Wildman–Crippen LogP) is 6.41. The van der Waals surface area contributed by atoms with Gasteiger partial charge in [-0.25, -0.2) is 17.6 Å². The first-order chi connectivity index (χ1) is 20.9. The number of hydrogen-bond acceptors (Lipinski definition) is 5. The maximum Gasteiger partial charge on any atom is 0.284 e. The van der Waals surface area contributed by atoms with Crippen LogP contribution in [-0.2, 0) is 5.60 Å². The third-order valence-electron chi connectivity index (χ3n) is 7.51. The topological polar surface area (TPSA) is 99.1 Å². The summed E-state index contributed by atoms with van der Waals surface area (Å²) >= 11 is 5.99. The zero-order valence-corrected chi connectivity index (χ0v) is 23.8. The fourth-order valence-electron chi connectivity index (χ4n) is 5.16. The van der Waals surface area contributed by atoms with Gasteiger partial charge in [-0.1, -0.05) is 35.9 Å². The smallest absolute Gasteiger partial charge is 0.284 e. The van der Waals surface area contributed by atoms with Crippen molar-refractivity contribution in [2.75, 3.05) is 30.5 Å². The molecule has 0 spiro atoms. The Morgan fingerprint density at radius 1 is 1.00 bits per heavy atom. The molecule has 0 aliphatic carbocycles. The lowest BCUT2D eigenvalue weighted by Gasteiger charge is -2.33. The summed E-state index contributed by atoms with van der Waals surface area (Å²) in [5.74, 6) is -6.86. The molecule has 2 amide bonds. The fraction of sp³-hybridized carbons (Fsp3) is 0.188. The number of ether oxygens (including phenoxy) is 1. The fourth-order valence-corrected chi connectivity index (χ4v) is 5.34. The van der Waals surface area contributed by atoms with E-state index in [2.05, 4.69) is 5.32 Å². The number of rotatable bonds is 6. The lowest BCUT2D eigenvalue weighted by molar-refractivity contribution is -0.205. The maximum atomic E-state index is 15.3. The molecule has 5 rings (SSSR count). The Morgan fingerprint density at radius 2 is 1.75 bits per heavy atom. The summed E-state index contributed by atoms with van der Waals surface area (Å²) in [6.45, 7) is -1.92. The third kappa shape index (κ3) is 5.49. The van der Waals surface area contributed by atoms with Gasteiger partial charge in [-0.05, 0) is 60.2 Å². The van der Waals surface area contributed by atoms with E-state index in [0.717, 1.165) is 29.2 Å². The van der Waals surface area contributed by atoms with E-state index < -0.39 is 60.1 Å². The Kier molecular flexibility index (Phi) is 8.39. The number of nitrogens with one attached hydrogen (secondary N) is 1. The highest BCUT2D eigenvalue weighted by Crippen LogP contribution is 2.47. The van der Waals surface area contributed by atoms with Gasteiger partial charge in [-0.3, -0.25) is 9.59 Å². The summed E-state index contributed by atoms with van der Waals surface area (Å²) in [7, 11) is 1.44. The van der Waals surface area contributed by atoms with Crippen molar-refractivity contribution < 1.29 is 42.1 Å². The van der Waals surface area contributed by atoms with Gasteiger partial charge in [0.25, 0.3) is 17.7 Å². The van der Waals surface area contributed by atoms with Crippen LogP contribution in [-0.4, -0.2) is 48.2 Å². The molecule has 0 saturated carbocycles. The number of benzene rings is 4. The molecule has 0 radical (unpaired) electrons. The minimum atomic E-state index is -3.84. The molecule has 0 unspecified atom stereocenters. The average Bonchev–Trinajstić information content (AvgIpc) is 3.09. The zero-order chi connectivity index (χ0) is 31.8. The Morgan fingerprint density at radius 3 is 2.45 bits per heavy atom. The molecular formula is C32H25ClF4N2O5. The number of anilines is 2. The third-order valence-corrected chi connectivity index (χ3v) is 7.75. The number of amides is 2. The van der Waals surface area contributed by atoms with Gasteiger partial charge in [0.15, 0.2) is 5.60 Å². The van der Waals surface area contributed by atoms with Crippen LogP contribution in [0.5, 0.6) is 5.75 Å². The van der Waals surface area contributed by atoms with Crippen molar-refractivity contribution in [2.24, 2.45) is 0 Å². The number of alkyl halides is 2. The molecule has 1 atom stereocenters. The van der Waals surface area contributed by atoms with E-state index >= 15 is 13.2 Å². The van der Waals surface area contributed by atoms with Gasteiger partial charge in [0.05, 0.1) is 30.7 Å². The monoisotopic (exact) mass is 628 g/mol. The van der Waals surface area contributed by atoms with Crippen molar-refractivity contribution in [2.45, 2.75) is 17.9 Å². The molecule has 1 aliphatic heterocycles. The molecule has 12 heteroatoms. The van der Waals surface area contributed by atoms with Crippen molar-refractivity contribution in [3.05, 3.63) is 112 Å². The highest BCUT2D eigenvalue weighted by molar-refractivity contribution is 6.30. The van der Waals surface area contributed by atoms with Crippen LogP contribution in [0.25, 0.3) is 11.1 Å². The molecule has 0 bridgehead atoms. The number of para-hydroxylation sites is 1. The summed E-state index contributed by atoms with van der Waals surface area (Å²) < 4.78 is 64.9. The van der Waals surface area contributed by atoms with Crippen LogP contribution in [0, 0.1) is 11.6 Å². The van der Waals surface area contributed by atoms with E-state index in [1.165, 1.54) is 37.4 Å². The average molecular weight is 629 g/mol. The van der Waals surface area contributed by atoms with Gasteiger partial charge in [0, 0.05) is 34.7 Å². The molecule has 1 heterocycles. The second-order valence-electron chi connectivity index (χ2n) is 10.1. The second-order valence-corrected chi connectivity index (χ2v) is 10.6. The molecule has 4 aromatic rings. The first kappa shape index (κ1) is 31.0. The quantitative estimate of drug-likeness (QED) is 0.214. The van der Waals surface area contributed by atoms with E-state index in [4.69, 9.17) is 16.3 Å². The van der Waals surface area contributed by atoms with Crippen LogP contribution in [0.4, 0.5) is 28.9 Å². The maximum absolute atomic E-state index is 15.3. The van der Waals surface area contributed by atoms with Crippen LogP contribution >= 0.6 is 11.6 Å². The molecule has 7 nitrogen and oxygen atoms in total. The number of methoxy groups -OCH3 is 1. The van der Waals surface area contributed by atoms with Gasteiger partial charge in [0.1, 0.15) is 17.4 Å². The van der Waals surface area contributed by atoms with Crippen LogP contribution in [0.1, 0.15) is 32.7 Å². The van der Waals surface area contributed by atoms with E-state index in [9.17, 15) is 24.2 Å². The Hall–Kier alpha value is -4.45. The van der Waals surface area contributed by atoms with Gasteiger partial charge >= 0.3 is 0 Å². The summed E-state index contributed by atoms with van der Waals surface area (Å²) in [6.07, 6.45) is -1.01. The largest absolute Gasteiger partial charge is 0.496 e. The second kappa shape index (κ2) is 11.9. The zero-order valence-electron chi connectivity index (χ0n) is 23.1. The number of carbonyl (C=O) groups excluding carboxylic acids is 2. The standard InChI is InChI=1S/C32H25ClF4N2O5/c1-44-28-5-3-2-4-22(28)21-9-8-20(34)16-23(21)29(41)38-26-10-6-18(14-25(26)35)30(42)39-13-12-32(36,37)31(43,17-40)24-15-19(33)7-11-27(24)39/h2-11,14-16,40,43H,12-13,17H2,1H3,(H,38,41)/t31-/m0/s1. The summed E-state index contributed by atoms with van der Waals surface area (Å²) in [6, 6.07) is 17.1. The summed E-state index contributed by atoms with van der Waals surface area (Å²) in [4.78, 5) is 27.7. The van der Waals surface area contributed by atoms with Gasteiger partial charge < -0.3 is 25.2 Å². The number of carbonyl (C=O) groups is 2. The van der Waals surface area contributed by atoms with Crippen LogP contribution in [0.3, 0.4) is 0 Å². The number of aliphatic hydroxyl groups is 2. The van der Waals surface area contributed by atoms with E-state index in [0.29, 0.717) is 16.9 Å². The first-order valence-electron chi connectivity index (χ1n) is 13.3. The van der Waals surface area contributed by atoms with Crippen LogP contribution in [0.15, 0.2) is 78.9 Å². The van der Waals surface area contributed by atoms with Crippen molar-refractivity contribution in [1.82, 2.24) is 0 Å². The van der Waals surface area contributed by atoms with E-state index in [-0.39, 0.29) is 27.5 Å². The van der Waals surface area contributed by atoms with Crippen LogP contribution in [0.2, 0.25) is 5.02 Å². The molecule has 3 N–H and O–H groups in total. The molecule has 4 aromatic carbocycles. The molecule has 1 aliphatic rings. The SMILES string of the molecule is COc1ccccc1-c1ccc(F)cc1C(=O)Nc1ccc(C(=O)N2CCC(F)(F)[C@](O)(CO)c3cc(Cl)ccc32)cc1F. The van der Waals surface area contributed by atoms with Crippen LogP contribution < -0.4 is 15.0 Å². The molecule has 44 heavy (non-hydrogen) atoms. The molecule has 0 aromatic heterocycles. The highest BCUT2D eigenvalue weighted by Gasteiger charge is 2.56. The Labute approximate surface area is 254 Å². The minimum Gasteiger partial charge on any atom is -0.496 e. The van der Waals surface area contributed by atoms with Gasteiger partial charge in [-0.15, -0.1) is 0 Å². The Bertz CT molecular complexity index is 1770. The highest BCUT2D eigenvalue weighted by atomic mass is 35.5. The number of nitrogens with zero attached hydrogens (tertiary/aromatic N) is 1. The number of halogens is 5. The normalized spacial score (nSPS) is 17.4. The lowest BCUT2D eigenvalue weighted by atomic mass is 9.86. The van der Waals surface area contributed by atoms with Gasteiger partial charge in [-0.2, -0.15) is 0 Å². The van der Waals surface area contributed by atoms with Gasteiger partial charge in [0.2, 0.25) is 0 Å². The first-order valence-corrected chi connectivity index (χ1v) is 13.6. The molecule has 0 saturated heterocycles. The Balaban J connectivity index is 1.46. The van der Waals surface area contributed by atoms with E-state index in [1.54, 1.807) is 24.3 Å². The minimum absolute atomic E-state index is 0.0148. The lowest BCUT2D eigenvalue weighted by Crippen LogP contribution is -2.48. The van der Waals surface area contributed by atoms with Crippen molar-refractivity contribution in [1.29, 1.82) is 0 Å². The van der Waals surface area contributed by atoms with E-state index in [1.807, 2.05) is 0 Å². The predicted molar refractivity (Wildman–Crippen MR) is 156 cm³/mol. The molecule has 0 fully saturated rings. The number of hydrogen-bond donors (Lipinski definition) is 3. The van der Waals surface area contributed by atoms with Crippen molar-refractivity contribution in [3.8, 4) is 16.9 Å². The number of aliphatic hydroxyl groups excluding tert-OH is 1. The summed E-state index contributed by atoms with van der Waals surface area (Å²) in [5.41, 5.74) is -3.49. The summed E-state index contributed by atoms with van der Waals surface area (Å²) in [5, 5.41) is 22.9. The number of fused-ring (bicyclic) bond motifs is 1. The van der Waals surface area contributed by atoms with Crippen molar-refractivity contribution >= 4 is 34.8 Å². The molecule has 228 valence electrons. The molecular weight excluding hydrogens is 604 g/mol. The van der Waals surface area contributed by atoms with Crippen molar-refractivity contribution in [3.63, 3.8) is 0 Å².